The van der Waals surface area contributed by atoms with Crippen molar-refractivity contribution in [3.05, 3.63) is 29.0 Å². The number of hydrogen-bond donors (Lipinski definition) is 1. The van der Waals surface area contributed by atoms with E-state index in [1.807, 2.05) is 0 Å². The lowest BCUT2D eigenvalue weighted by Crippen LogP contribution is -2.01. The lowest BCUT2D eigenvalue weighted by molar-refractivity contribution is 0.0652. The number of methoxy groups -OCH3 is 1. The van der Waals surface area contributed by atoms with Crippen LogP contribution < -0.4 is 9.47 Å². The van der Waals surface area contributed by atoms with Gasteiger partial charge in [-0.25, -0.2) is 4.79 Å². The number of aromatic carboxylic acids is 1. The van der Waals surface area contributed by atoms with E-state index >= 15 is 0 Å². The number of rotatable bonds is 5. The van der Waals surface area contributed by atoms with E-state index in [-0.39, 0.29) is 11.9 Å². The van der Waals surface area contributed by atoms with Crippen molar-refractivity contribution in [2.24, 2.45) is 0 Å². The molecular formula is C14H12ClNO5. The van der Waals surface area contributed by atoms with Gasteiger partial charge in [0.05, 0.1) is 18.8 Å². The Kier molecular flexibility index (Phi) is 3.47. The van der Waals surface area contributed by atoms with E-state index in [4.69, 9.17) is 30.7 Å². The maximum atomic E-state index is 10.9. The second-order valence-electron chi connectivity index (χ2n) is 4.68. The first-order valence-electron chi connectivity index (χ1n) is 6.33. The quantitative estimate of drug-likeness (QED) is 0.913. The van der Waals surface area contributed by atoms with E-state index in [9.17, 15) is 4.79 Å². The number of hydrogen-bond acceptors (Lipinski definition) is 5. The highest BCUT2D eigenvalue weighted by Crippen LogP contribution is 2.43. The minimum absolute atomic E-state index is 0.143. The van der Waals surface area contributed by atoms with Crippen molar-refractivity contribution in [2.75, 3.05) is 7.11 Å². The monoisotopic (exact) mass is 309 g/mol. The third kappa shape index (κ3) is 2.80. The molecule has 7 heteroatoms. The van der Waals surface area contributed by atoms with Gasteiger partial charge in [0.1, 0.15) is 5.69 Å². The minimum Gasteiger partial charge on any atom is -0.493 e. The van der Waals surface area contributed by atoms with Crippen LogP contribution in [0.4, 0.5) is 0 Å². The zero-order chi connectivity index (χ0) is 15.0. The summed E-state index contributed by atoms with van der Waals surface area (Å²) in [6.45, 7) is 0. The first-order valence-corrected chi connectivity index (χ1v) is 6.71. The first kappa shape index (κ1) is 13.8. The minimum atomic E-state index is -1.19. The van der Waals surface area contributed by atoms with Gasteiger partial charge >= 0.3 is 5.97 Å². The molecule has 0 saturated heterocycles. The van der Waals surface area contributed by atoms with Crippen molar-refractivity contribution < 1.29 is 23.9 Å². The molecule has 21 heavy (non-hydrogen) atoms. The second-order valence-corrected chi connectivity index (χ2v) is 5.12. The Balaban J connectivity index is 2.09. The molecule has 1 saturated carbocycles. The van der Waals surface area contributed by atoms with Crippen LogP contribution in [0.2, 0.25) is 5.02 Å². The number of nitrogens with zero attached hydrogens (tertiary/aromatic N) is 1. The highest BCUT2D eigenvalue weighted by atomic mass is 35.5. The fourth-order valence-corrected chi connectivity index (χ4v) is 2.10. The van der Waals surface area contributed by atoms with E-state index in [2.05, 4.69) is 5.16 Å². The van der Waals surface area contributed by atoms with Gasteiger partial charge in [-0.3, -0.25) is 0 Å². The SMILES string of the molecule is COc1cc(Cl)cc(-c2cc(C(=O)O)on2)c1OC1CC1. The maximum Gasteiger partial charge on any atom is 0.374 e. The van der Waals surface area contributed by atoms with Crippen molar-refractivity contribution in [1.82, 2.24) is 5.16 Å². The fourth-order valence-electron chi connectivity index (χ4n) is 1.89. The Morgan fingerprint density at radius 3 is 2.76 bits per heavy atom. The molecule has 1 N–H and O–H groups in total. The summed E-state index contributed by atoms with van der Waals surface area (Å²) < 4.78 is 15.9. The zero-order valence-electron chi connectivity index (χ0n) is 11.1. The van der Waals surface area contributed by atoms with E-state index in [1.165, 1.54) is 13.2 Å². The number of carbonyl (C=O) groups is 1. The van der Waals surface area contributed by atoms with Crippen LogP contribution >= 0.6 is 11.6 Å². The molecule has 0 amide bonds. The maximum absolute atomic E-state index is 10.9. The van der Waals surface area contributed by atoms with Crippen LogP contribution in [0, 0.1) is 0 Å². The average molecular weight is 310 g/mol. The van der Waals surface area contributed by atoms with Gasteiger partial charge in [0.2, 0.25) is 5.76 Å². The predicted molar refractivity (Wildman–Crippen MR) is 74.1 cm³/mol. The molecule has 0 spiro atoms. The molecule has 1 aliphatic carbocycles. The van der Waals surface area contributed by atoms with Crippen molar-refractivity contribution in [3.63, 3.8) is 0 Å². The molecule has 1 heterocycles. The topological polar surface area (TPSA) is 81.8 Å². The lowest BCUT2D eigenvalue weighted by Gasteiger charge is -2.14. The van der Waals surface area contributed by atoms with Crippen LogP contribution in [0.1, 0.15) is 23.4 Å². The Morgan fingerprint density at radius 2 is 2.19 bits per heavy atom. The number of benzene rings is 1. The molecule has 1 aromatic heterocycles. The van der Waals surface area contributed by atoms with Gasteiger partial charge in [-0.05, 0) is 18.9 Å². The summed E-state index contributed by atoms with van der Waals surface area (Å²) in [5.74, 6) is -0.465. The average Bonchev–Trinajstić information content (AvgIpc) is 3.13. The third-order valence-corrected chi connectivity index (χ3v) is 3.26. The highest BCUT2D eigenvalue weighted by Gasteiger charge is 2.28. The van der Waals surface area contributed by atoms with Crippen LogP contribution in [0.15, 0.2) is 22.7 Å². The molecule has 3 rings (SSSR count). The molecule has 110 valence electrons. The van der Waals surface area contributed by atoms with Gasteiger partial charge in [0.15, 0.2) is 11.5 Å². The number of ether oxygens (including phenoxy) is 2. The molecule has 1 aliphatic rings. The van der Waals surface area contributed by atoms with Crippen molar-refractivity contribution >= 4 is 17.6 Å². The van der Waals surface area contributed by atoms with Crippen LogP contribution in [-0.4, -0.2) is 29.4 Å². The lowest BCUT2D eigenvalue weighted by atomic mass is 10.1. The Hall–Kier alpha value is -2.21. The number of aromatic nitrogens is 1. The first-order chi connectivity index (χ1) is 10.1. The number of carboxylic acids is 1. The van der Waals surface area contributed by atoms with Gasteiger partial charge < -0.3 is 19.1 Å². The van der Waals surface area contributed by atoms with Gasteiger partial charge in [0.25, 0.3) is 0 Å². The molecule has 0 unspecified atom stereocenters. The van der Waals surface area contributed by atoms with E-state index in [0.717, 1.165) is 12.8 Å². The van der Waals surface area contributed by atoms with Crippen LogP contribution in [0.25, 0.3) is 11.3 Å². The Labute approximate surface area is 125 Å². The van der Waals surface area contributed by atoms with Gasteiger partial charge in [0, 0.05) is 17.2 Å². The Morgan fingerprint density at radius 1 is 1.43 bits per heavy atom. The van der Waals surface area contributed by atoms with Crippen molar-refractivity contribution in [1.29, 1.82) is 0 Å². The van der Waals surface area contributed by atoms with Crippen LogP contribution in [-0.2, 0) is 0 Å². The summed E-state index contributed by atoms with van der Waals surface area (Å²) in [6, 6.07) is 4.61. The third-order valence-electron chi connectivity index (χ3n) is 3.05. The summed E-state index contributed by atoms with van der Waals surface area (Å²) in [5, 5.41) is 13.1. The summed E-state index contributed by atoms with van der Waals surface area (Å²) in [4.78, 5) is 10.9. The summed E-state index contributed by atoms with van der Waals surface area (Å²) in [5.41, 5.74) is 0.881. The molecule has 1 aromatic carbocycles. The number of carboxylic acid groups (broad SMARTS) is 1. The molecule has 2 aromatic rings. The zero-order valence-corrected chi connectivity index (χ0v) is 11.9. The van der Waals surface area contributed by atoms with Crippen LogP contribution in [0.5, 0.6) is 11.5 Å². The standard InChI is InChI=1S/C14H12ClNO5/c1-19-11-5-7(15)4-9(13(11)20-8-2-3-8)10-6-12(14(17)18)21-16-10/h4-6,8H,2-3H2,1H3,(H,17,18). The Bertz CT molecular complexity index is 693. The molecular weight excluding hydrogens is 298 g/mol. The fraction of sp³-hybridized carbons (Fsp3) is 0.286. The molecule has 0 radical (unpaired) electrons. The molecule has 0 atom stereocenters. The van der Waals surface area contributed by atoms with Crippen LogP contribution in [0.3, 0.4) is 0 Å². The van der Waals surface area contributed by atoms with Crippen molar-refractivity contribution in [3.8, 4) is 22.8 Å². The highest BCUT2D eigenvalue weighted by molar-refractivity contribution is 6.31. The van der Waals surface area contributed by atoms with Gasteiger partial charge in [-0.1, -0.05) is 16.8 Å². The summed E-state index contributed by atoms with van der Waals surface area (Å²) >= 11 is 6.06. The largest absolute Gasteiger partial charge is 0.493 e. The molecule has 6 nitrogen and oxygen atoms in total. The normalized spacial score (nSPS) is 14.0. The summed E-state index contributed by atoms with van der Waals surface area (Å²) in [6.07, 6.45) is 2.10. The summed E-state index contributed by atoms with van der Waals surface area (Å²) in [7, 11) is 1.51. The van der Waals surface area contributed by atoms with Crippen molar-refractivity contribution in [2.45, 2.75) is 18.9 Å². The van der Waals surface area contributed by atoms with E-state index < -0.39 is 5.97 Å². The number of halogens is 1. The molecule has 0 bridgehead atoms. The second kappa shape index (κ2) is 5.29. The van der Waals surface area contributed by atoms with E-state index in [1.54, 1.807) is 12.1 Å². The molecule has 1 fully saturated rings. The van der Waals surface area contributed by atoms with Gasteiger partial charge in [-0.15, -0.1) is 0 Å². The predicted octanol–water partition coefficient (Wildman–Crippen LogP) is 3.24. The smallest absolute Gasteiger partial charge is 0.374 e. The van der Waals surface area contributed by atoms with E-state index in [0.29, 0.717) is 27.8 Å². The van der Waals surface area contributed by atoms with Gasteiger partial charge in [-0.2, -0.15) is 0 Å². The molecule has 0 aliphatic heterocycles.